The van der Waals surface area contributed by atoms with Crippen LogP contribution in [0.15, 0.2) is 23.8 Å². The summed E-state index contributed by atoms with van der Waals surface area (Å²) in [6.45, 7) is -1.74. The number of hydrogen-bond acceptors (Lipinski definition) is 19. The van der Waals surface area contributed by atoms with Crippen LogP contribution in [0.2, 0.25) is 0 Å². The Morgan fingerprint density at radius 2 is 1.58 bits per heavy atom. The summed E-state index contributed by atoms with van der Waals surface area (Å²) >= 11 is 0. The molecule has 7 heterocycles. The van der Waals surface area contributed by atoms with E-state index in [2.05, 4.69) is 29.9 Å². The number of nitrogens with zero attached hydrogens (tertiary/aromatic N) is 7. The van der Waals surface area contributed by atoms with Crippen molar-refractivity contribution in [1.82, 2.24) is 39.0 Å². The van der Waals surface area contributed by atoms with E-state index in [1.807, 2.05) is 0 Å². The van der Waals surface area contributed by atoms with E-state index < -0.39 is 83.5 Å². The van der Waals surface area contributed by atoms with Gasteiger partial charge < -0.3 is 50.0 Å². The molecule has 3 saturated heterocycles. The van der Waals surface area contributed by atoms with E-state index >= 15 is 0 Å². The van der Waals surface area contributed by atoms with Crippen LogP contribution in [0.25, 0.3) is 22.3 Å². The number of aromatic nitrogens is 8. The Labute approximate surface area is 248 Å². The fourth-order valence-electron chi connectivity index (χ4n) is 5.29. The van der Waals surface area contributed by atoms with Crippen molar-refractivity contribution in [3.8, 4) is 0 Å². The predicted octanol–water partition coefficient (Wildman–Crippen LogP) is -2.97. The van der Waals surface area contributed by atoms with Crippen molar-refractivity contribution in [3.63, 3.8) is 0 Å². The van der Waals surface area contributed by atoms with Crippen LogP contribution in [0.3, 0.4) is 0 Å². The van der Waals surface area contributed by atoms with Gasteiger partial charge in [0.1, 0.15) is 48.5 Å². The number of aliphatic hydroxyl groups is 2. The third kappa shape index (κ3) is 5.31. The number of nitrogens with two attached hydrogens (primary N) is 2. The van der Waals surface area contributed by atoms with Gasteiger partial charge >= 0.3 is 7.82 Å². The first-order valence-corrected chi connectivity index (χ1v) is 15.9. The van der Waals surface area contributed by atoms with Crippen molar-refractivity contribution < 1.29 is 56.7 Å². The number of hydrogen-bond donors (Lipinski definition) is 6. The second-order valence-electron chi connectivity index (χ2n) is 10.1. The molecule has 3 fully saturated rings. The monoisotopic (exact) mass is 673 g/mol. The second-order valence-corrected chi connectivity index (χ2v) is 12.9. The maximum atomic E-state index is 13.1. The SMILES string of the molecule is Nc1nc2c(ncn2[C@@H]2O[C@@H]3COP(=O)(O)O[C@@H]4C(O)[C@H](n5cnc6c(N)ncnc65)O[C@@H]4COP(=O)([O-])O[C@H]2C3O)c(=O)[nH]1. The molecule has 0 aliphatic carbocycles. The topological polar surface area (TPSA) is 332 Å². The van der Waals surface area contributed by atoms with Crippen LogP contribution >= 0.6 is 15.6 Å². The van der Waals surface area contributed by atoms with Crippen LogP contribution in [-0.2, 0) is 36.7 Å². The smallest absolute Gasteiger partial charge is 0.472 e. The number of phosphoric acid groups is 2. The van der Waals surface area contributed by atoms with Gasteiger partial charge in [-0.2, -0.15) is 4.98 Å². The molecule has 45 heavy (non-hydrogen) atoms. The van der Waals surface area contributed by atoms with Crippen LogP contribution in [0.4, 0.5) is 11.8 Å². The lowest BCUT2D eigenvalue weighted by Gasteiger charge is -2.31. The molecule has 10 atom stereocenters. The number of ether oxygens (including phenoxy) is 2. The molecule has 23 nitrogen and oxygen atoms in total. The van der Waals surface area contributed by atoms with E-state index in [4.69, 9.17) is 39.0 Å². The number of fused-ring (bicyclic) bond motifs is 5. The highest BCUT2D eigenvalue weighted by atomic mass is 31.2. The van der Waals surface area contributed by atoms with E-state index in [1.54, 1.807) is 0 Å². The molecule has 4 aromatic heterocycles. The van der Waals surface area contributed by atoms with Crippen LogP contribution < -0.4 is 21.9 Å². The summed E-state index contributed by atoms with van der Waals surface area (Å²) in [6, 6.07) is 0. The van der Waals surface area contributed by atoms with Crippen LogP contribution in [-0.4, -0.2) is 104 Å². The molecule has 7 rings (SSSR count). The Morgan fingerprint density at radius 1 is 0.889 bits per heavy atom. The van der Waals surface area contributed by atoms with Crippen LogP contribution in [0.1, 0.15) is 12.5 Å². The summed E-state index contributed by atoms with van der Waals surface area (Å²) in [5.41, 5.74) is 10.7. The average molecular weight is 673 g/mol. The van der Waals surface area contributed by atoms with Gasteiger partial charge in [0.05, 0.1) is 25.9 Å². The lowest BCUT2D eigenvalue weighted by atomic mass is 10.1. The summed E-state index contributed by atoms with van der Waals surface area (Å²) in [4.78, 5) is 58.1. The highest BCUT2D eigenvalue weighted by molar-refractivity contribution is 7.47. The number of H-pyrrole nitrogens is 1. The van der Waals surface area contributed by atoms with E-state index in [0.29, 0.717) is 0 Å². The van der Waals surface area contributed by atoms with E-state index in [1.165, 1.54) is 10.9 Å². The zero-order valence-corrected chi connectivity index (χ0v) is 24.2. The third-order valence-electron chi connectivity index (χ3n) is 7.31. The Hall–Kier alpha value is -3.44. The number of anilines is 2. The largest absolute Gasteiger partial charge is 0.756 e. The molecule has 3 aliphatic heterocycles. The molecule has 2 bridgehead atoms. The van der Waals surface area contributed by atoms with Crippen molar-refractivity contribution >= 4 is 49.7 Å². The average Bonchev–Trinajstić information content (AvgIpc) is 3.72. The molecule has 242 valence electrons. The number of aromatic amines is 1. The van der Waals surface area contributed by atoms with Gasteiger partial charge in [0, 0.05) is 0 Å². The Morgan fingerprint density at radius 3 is 2.36 bits per heavy atom. The first-order valence-electron chi connectivity index (χ1n) is 12.9. The van der Waals surface area contributed by atoms with Gasteiger partial charge in [0.2, 0.25) is 5.95 Å². The lowest BCUT2D eigenvalue weighted by Crippen LogP contribution is -2.37. The summed E-state index contributed by atoms with van der Waals surface area (Å²) in [6.07, 6.45) is -9.53. The van der Waals surface area contributed by atoms with E-state index in [-0.39, 0.29) is 34.1 Å². The van der Waals surface area contributed by atoms with E-state index in [0.717, 1.165) is 17.2 Å². The highest BCUT2D eigenvalue weighted by Gasteiger charge is 2.52. The first kappa shape index (κ1) is 30.2. The summed E-state index contributed by atoms with van der Waals surface area (Å²) in [5.74, 6) is -0.270. The lowest BCUT2D eigenvalue weighted by molar-refractivity contribution is -0.237. The van der Waals surface area contributed by atoms with Crippen molar-refractivity contribution in [2.24, 2.45) is 0 Å². The molecule has 0 amide bonds. The first-order chi connectivity index (χ1) is 21.3. The minimum atomic E-state index is -5.36. The molecule has 0 saturated carbocycles. The molecular formula is C20H23N10O13P2-. The summed E-state index contributed by atoms with van der Waals surface area (Å²) in [7, 11) is -10.4. The molecule has 0 radical (unpaired) electrons. The van der Waals surface area contributed by atoms with Gasteiger partial charge in [0.25, 0.3) is 13.4 Å². The van der Waals surface area contributed by atoms with Gasteiger partial charge in [-0.25, -0.2) is 24.5 Å². The normalized spacial score (nSPS) is 37.7. The number of nitrogens with one attached hydrogen (secondary N) is 1. The van der Waals surface area contributed by atoms with Gasteiger partial charge in [-0.3, -0.25) is 32.5 Å². The molecule has 4 unspecified atom stereocenters. The van der Waals surface area contributed by atoms with Crippen LogP contribution in [0.5, 0.6) is 0 Å². The van der Waals surface area contributed by atoms with Crippen molar-refractivity contribution in [2.75, 3.05) is 24.7 Å². The van der Waals surface area contributed by atoms with Crippen molar-refractivity contribution in [3.05, 3.63) is 29.3 Å². The molecular weight excluding hydrogens is 650 g/mol. The minimum Gasteiger partial charge on any atom is -0.756 e. The van der Waals surface area contributed by atoms with E-state index in [9.17, 15) is 33.9 Å². The van der Waals surface area contributed by atoms with Gasteiger partial charge in [-0.15, -0.1) is 0 Å². The summed E-state index contributed by atoms with van der Waals surface area (Å²) in [5, 5.41) is 22.1. The summed E-state index contributed by atoms with van der Waals surface area (Å²) < 4.78 is 60.6. The predicted molar refractivity (Wildman–Crippen MR) is 141 cm³/mol. The number of rotatable bonds is 2. The highest BCUT2D eigenvalue weighted by Crippen LogP contribution is 2.52. The van der Waals surface area contributed by atoms with Crippen molar-refractivity contribution in [2.45, 2.75) is 49.1 Å². The molecule has 8 N–H and O–H groups in total. The second kappa shape index (κ2) is 10.8. The number of imidazole rings is 2. The van der Waals surface area contributed by atoms with Gasteiger partial charge in [-0.05, 0) is 0 Å². The van der Waals surface area contributed by atoms with Gasteiger partial charge in [0.15, 0.2) is 35.1 Å². The zero-order valence-electron chi connectivity index (χ0n) is 22.4. The number of phosphoric ester groups is 2. The Bertz CT molecular complexity index is 1940. The van der Waals surface area contributed by atoms with Crippen LogP contribution in [0, 0.1) is 0 Å². The maximum absolute atomic E-state index is 13.1. The molecule has 25 heteroatoms. The molecule has 4 aromatic rings. The third-order valence-corrected chi connectivity index (χ3v) is 9.26. The maximum Gasteiger partial charge on any atom is 0.472 e. The quantitative estimate of drug-likeness (QED) is 0.116. The molecule has 3 aliphatic rings. The zero-order chi connectivity index (χ0) is 31.8. The molecule has 0 aromatic carbocycles. The number of nitrogen functional groups attached to an aromatic ring is 2. The standard InChI is InChI=1S/C20H24N10O13P2/c21-14-8-15(24-3-23-14)29(4-25-8)18-11(32)12-7(41-18)2-39-45(36,37)43-13-10(31)6(1-38-44(34,35)42-12)40-19(13)30-5-26-9-16(30)27-20(22)28-17(9)33/h3-7,10-13,18-19,31-32H,1-2H2,(H,34,35)(H,36,37)(H2,21,23,24)(H3,22,27,28,33)/p-1/t6-,7-,10?,11?,12+,13+,18-,19-/m1/s1. The fourth-order valence-corrected chi connectivity index (χ4v) is 7.17. The fraction of sp³-hybridized carbons (Fsp3) is 0.500. The van der Waals surface area contributed by atoms with Gasteiger partial charge in [-0.1, -0.05) is 0 Å². The molecule has 0 spiro atoms. The Balaban J connectivity index is 1.21. The number of aliphatic hydroxyl groups excluding tert-OH is 2. The van der Waals surface area contributed by atoms with Crippen molar-refractivity contribution in [1.29, 1.82) is 0 Å². The Kier molecular flexibility index (Phi) is 7.27. The minimum absolute atomic E-state index is 0.0261.